The van der Waals surface area contributed by atoms with Crippen molar-refractivity contribution in [2.75, 3.05) is 0 Å². The van der Waals surface area contributed by atoms with Crippen LogP contribution >= 0.6 is 15.9 Å². The van der Waals surface area contributed by atoms with E-state index in [1.807, 2.05) is 0 Å². The second-order valence-corrected chi connectivity index (χ2v) is 8.50. The molecule has 1 amide bonds. The first-order valence-corrected chi connectivity index (χ1v) is 9.41. The smallest absolute Gasteiger partial charge is 0.350 e. The van der Waals surface area contributed by atoms with Gasteiger partial charge in [0.05, 0.1) is 5.56 Å². The van der Waals surface area contributed by atoms with Crippen molar-refractivity contribution in [1.29, 1.82) is 0 Å². The van der Waals surface area contributed by atoms with Gasteiger partial charge in [0.1, 0.15) is 10.7 Å². The third kappa shape index (κ3) is 2.67. The maximum absolute atomic E-state index is 12.5. The van der Waals surface area contributed by atoms with Gasteiger partial charge in [0.25, 0.3) is 5.91 Å². The number of fused-ring (bicyclic) bond motifs is 2. The largest absolute Gasteiger partial charge is 0.430 e. The Balaban J connectivity index is 1.49. The number of carbonyl (C=O) groups excluding carboxylic acids is 1. The third-order valence-electron chi connectivity index (χ3n) is 6.40. The fourth-order valence-electron chi connectivity index (χ4n) is 5.63. The minimum Gasteiger partial charge on any atom is -0.430 e. The molecule has 3 aliphatic carbocycles. The number of hydrogen-bond donors (Lipinski definition) is 1. The molecule has 23 heavy (non-hydrogen) atoms. The first kappa shape index (κ1) is 15.4. The van der Waals surface area contributed by atoms with Crippen LogP contribution in [0.15, 0.2) is 26.0 Å². The summed E-state index contributed by atoms with van der Waals surface area (Å²) in [6, 6.07) is 1.71. The summed E-state index contributed by atoms with van der Waals surface area (Å²) in [5.41, 5.74) is -0.0650. The highest BCUT2D eigenvalue weighted by Gasteiger charge is 2.51. The predicted molar refractivity (Wildman–Crippen MR) is 90.1 cm³/mol. The fraction of sp³-hybridized carbons (Fsp3) is 0.667. The van der Waals surface area contributed by atoms with Crippen LogP contribution in [0.1, 0.15) is 49.4 Å². The normalized spacial score (nSPS) is 36.0. The van der Waals surface area contributed by atoms with Gasteiger partial charge in [-0.15, -0.1) is 0 Å². The van der Waals surface area contributed by atoms with Crippen LogP contribution in [0.2, 0.25) is 0 Å². The zero-order valence-corrected chi connectivity index (χ0v) is 14.8. The van der Waals surface area contributed by atoms with E-state index in [4.69, 9.17) is 4.42 Å². The van der Waals surface area contributed by atoms with E-state index in [0.29, 0.717) is 11.5 Å². The second kappa shape index (κ2) is 5.76. The summed E-state index contributed by atoms with van der Waals surface area (Å²) in [4.78, 5) is 23.8. The predicted octanol–water partition coefficient (Wildman–Crippen LogP) is 3.59. The Morgan fingerprint density at radius 1 is 1.30 bits per heavy atom. The monoisotopic (exact) mass is 379 g/mol. The number of nitrogens with one attached hydrogen (secondary N) is 1. The highest BCUT2D eigenvalue weighted by molar-refractivity contribution is 9.10. The van der Waals surface area contributed by atoms with Gasteiger partial charge in [0.15, 0.2) is 0 Å². The van der Waals surface area contributed by atoms with E-state index < -0.39 is 5.63 Å². The van der Waals surface area contributed by atoms with Crippen molar-refractivity contribution in [2.24, 2.45) is 29.6 Å². The lowest BCUT2D eigenvalue weighted by Gasteiger charge is -2.45. The summed E-state index contributed by atoms with van der Waals surface area (Å²) in [6.07, 6.45) is 8.08. The van der Waals surface area contributed by atoms with Crippen LogP contribution in [-0.4, -0.2) is 11.9 Å². The highest BCUT2D eigenvalue weighted by Crippen LogP contribution is 2.58. The molecule has 4 nitrogen and oxygen atoms in total. The van der Waals surface area contributed by atoms with Crippen LogP contribution in [-0.2, 0) is 0 Å². The summed E-state index contributed by atoms with van der Waals surface area (Å²) in [7, 11) is 0. The summed E-state index contributed by atoms with van der Waals surface area (Å²) in [5.74, 6) is 3.84. The third-order valence-corrected chi connectivity index (χ3v) is 6.95. The Labute approximate surface area is 144 Å². The molecular formula is C18H22BrNO3. The molecule has 5 heteroatoms. The van der Waals surface area contributed by atoms with E-state index in [9.17, 15) is 9.59 Å². The van der Waals surface area contributed by atoms with Gasteiger partial charge in [-0.2, -0.15) is 0 Å². The molecule has 0 spiro atoms. The molecule has 0 aliphatic heterocycles. The molecule has 0 radical (unpaired) electrons. The van der Waals surface area contributed by atoms with Gasteiger partial charge in [-0.05, 0) is 90.6 Å². The summed E-state index contributed by atoms with van der Waals surface area (Å²) in [5, 5.41) is 3.16. The van der Waals surface area contributed by atoms with Gasteiger partial charge >= 0.3 is 5.63 Å². The van der Waals surface area contributed by atoms with Gasteiger partial charge in [-0.1, -0.05) is 0 Å². The molecule has 4 rings (SSSR count). The number of halogens is 1. The number of hydrogen-bond acceptors (Lipinski definition) is 3. The Morgan fingerprint density at radius 2 is 2.04 bits per heavy atom. The van der Waals surface area contributed by atoms with E-state index in [1.54, 1.807) is 0 Å². The summed E-state index contributed by atoms with van der Waals surface area (Å²) < 4.78 is 5.16. The van der Waals surface area contributed by atoms with Gasteiger partial charge in [-0.3, -0.25) is 4.79 Å². The molecule has 3 saturated carbocycles. The zero-order chi connectivity index (χ0) is 16.1. The Bertz CT molecular complexity index is 685. The lowest BCUT2D eigenvalue weighted by atomic mass is 9.62. The van der Waals surface area contributed by atoms with Crippen LogP contribution in [0.25, 0.3) is 0 Å². The fourth-order valence-corrected chi connectivity index (χ4v) is 5.97. The molecule has 1 aromatic heterocycles. The molecule has 3 fully saturated rings. The quantitative estimate of drug-likeness (QED) is 0.872. The summed E-state index contributed by atoms with van der Waals surface area (Å²) in [6.45, 7) is 2.14. The van der Waals surface area contributed by atoms with E-state index in [-0.39, 0.29) is 16.4 Å². The number of amides is 1. The average Bonchev–Trinajstić information content (AvgIpc) is 2.72. The van der Waals surface area contributed by atoms with Crippen LogP contribution in [0.4, 0.5) is 0 Å². The Morgan fingerprint density at radius 3 is 2.83 bits per heavy atom. The minimum absolute atomic E-state index is 0.155. The lowest BCUT2D eigenvalue weighted by Crippen LogP contribution is -2.48. The van der Waals surface area contributed by atoms with E-state index >= 15 is 0 Å². The molecule has 0 saturated heterocycles. The molecule has 1 aromatic rings. The van der Waals surface area contributed by atoms with Crippen molar-refractivity contribution in [1.82, 2.24) is 5.32 Å². The minimum atomic E-state index is -0.462. The van der Waals surface area contributed by atoms with E-state index in [0.717, 1.165) is 23.7 Å². The maximum atomic E-state index is 12.5. The molecule has 1 heterocycles. The first-order chi connectivity index (χ1) is 11.0. The number of rotatable bonds is 3. The van der Waals surface area contributed by atoms with Crippen LogP contribution in [0, 0.1) is 29.6 Å². The molecule has 6 atom stereocenters. The van der Waals surface area contributed by atoms with Crippen LogP contribution < -0.4 is 10.9 Å². The topological polar surface area (TPSA) is 59.3 Å². The van der Waals surface area contributed by atoms with Crippen molar-refractivity contribution in [2.45, 2.75) is 45.1 Å². The second-order valence-electron chi connectivity index (χ2n) is 7.64. The highest BCUT2D eigenvalue weighted by atomic mass is 79.9. The Hall–Kier alpha value is -1.10. The van der Waals surface area contributed by atoms with Crippen molar-refractivity contribution >= 4 is 21.8 Å². The van der Waals surface area contributed by atoms with Crippen molar-refractivity contribution < 1.29 is 9.21 Å². The molecular weight excluding hydrogens is 358 g/mol. The van der Waals surface area contributed by atoms with Crippen molar-refractivity contribution in [3.8, 4) is 0 Å². The van der Waals surface area contributed by atoms with E-state index in [1.165, 1.54) is 44.4 Å². The maximum Gasteiger partial charge on any atom is 0.350 e. The zero-order valence-electron chi connectivity index (χ0n) is 13.3. The van der Waals surface area contributed by atoms with Gasteiger partial charge in [0.2, 0.25) is 0 Å². The molecule has 3 bridgehead atoms. The average molecular weight is 380 g/mol. The molecule has 0 aromatic carbocycles. The standard InChI is InChI=1S/C18H22BrNO3/c1-9(20-17(21)13-7-15(19)18(22)23-8-13)16-12-3-2-11-4-10(5-12)6-14(11)16/h7-12,14,16H,2-6H2,1H3,(H,20,21)/t9-,10-,11-,12+,14-,16-/m0/s1. The molecule has 1 N–H and O–H groups in total. The van der Waals surface area contributed by atoms with Crippen molar-refractivity contribution in [3.63, 3.8) is 0 Å². The lowest BCUT2D eigenvalue weighted by molar-refractivity contribution is 0.0518. The summed E-state index contributed by atoms with van der Waals surface area (Å²) >= 11 is 3.12. The van der Waals surface area contributed by atoms with Crippen LogP contribution in [0.5, 0.6) is 0 Å². The number of carbonyl (C=O) groups is 1. The van der Waals surface area contributed by atoms with Gasteiger partial charge < -0.3 is 9.73 Å². The Kier molecular flexibility index (Phi) is 3.87. The molecule has 0 unspecified atom stereocenters. The van der Waals surface area contributed by atoms with Crippen LogP contribution in [0.3, 0.4) is 0 Å². The first-order valence-electron chi connectivity index (χ1n) is 8.62. The molecule has 124 valence electrons. The SMILES string of the molecule is C[C@H](NC(=O)c1coc(=O)c(Br)c1)[C@H]1[C@@H]2CC[C@H]3C[C@@H](C2)C[C@@H]31. The van der Waals surface area contributed by atoms with Gasteiger partial charge in [-0.25, -0.2) is 4.79 Å². The van der Waals surface area contributed by atoms with Crippen molar-refractivity contribution in [3.05, 3.63) is 32.8 Å². The van der Waals surface area contributed by atoms with E-state index in [2.05, 4.69) is 28.2 Å². The van der Waals surface area contributed by atoms with Gasteiger partial charge in [0, 0.05) is 6.04 Å². The molecule has 3 aliphatic rings.